The lowest BCUT2D eigenvalue weighted by Crippen LogP contribution is -2.29. The van der Waals surface area contributed by atoms with Crippen molar-refractivity contribution in [1.82, 2.24) is 9.80 Å². The minimum absolute atomic E-state index is 0.0800. The highest BCUT2D eigenvalue weighted by Gasteiger charge is 2.10. The van der Waals surface area contributed by atoms with Crippen molar-refractivity contribution in [2.45, 2.75) is 6.42 Å². The Kier molecular flexibility index (Phi) is 5.65. The summed E-state index contributed by atoms with van der Waals surface area (Å²) >= 11 is 0. The molecule has 0 saturated carbocycles. The Morgan fingerprint density at radius 3 is 2.22 bits per heavy atom. The van der Waals surface area contributed by atoms with Gasteiger partial charge in [-0.2, -0.15) is 0 Å². The van der Waals surface area contributed by atoms with Crippen molar-refractivity contribution in [2.24, 2.45) is 0 Å². The molecular weight excluding hydrogens is 226 g/mol. The van der Waals surface area contributed by atoms with E-state index in [2.05, 4.69) is 10.2 Å². The molecule has 0 spiro atoms. The van der Waals surface area contributed by atoms with E-state index in [1.807, 2.05) is 52.5 Å². The number of nitrogens with zero attached hydrogens (tertiary/aromatic N) is 2. The van der Waals surface area contributed by atoms with Crippen molar-refractivity contribution in [1.29, 1.82) is 0 Å². The van der Waals surface area contributed by atoms with Gasteiger partial charge in [0.1, 0.15) is 0 Å². The second-order valence-corrected chi connectivity index (χ2v) is 4.71. The molecule has 0 aliphatic heterocycles. The maximum atomic E-state index is 12.1. The van der Waals surface area contributed by atoms with Crippen LogP contribution in [0.25, 0.3) is 0 Å². The number of hydrogen-bond donors (Lipinski definition) is 1. The molecule has 0 aliphatic carbocycles. The summed E-state index contributed by atoms with van der Waals surface area (Å²) in [5.74, 6) is 0.0800. The zero-order valence-corrected chi connectivity index (χ0v) is 11.7. The molecule has 0 aromatic heterocycles. The highest BCUT2D eigenvalue weighted by atomic mass is 16.2. The summed E-state index contributed by atoms with van der Waals surface area (Å²) in [4.78, 5) is 16.0. The van der Waals surface area contributed by atoms with Gasteiger partial charge in [-0.1, -0.05) is 0 Å². The molecule has 0 saturated heterocycles. The van der Waals surface area contributed by atoms with Gasteiger partial charge in [-0.05, 0) is 51.3 Å². The predicted octanol–water partition coefficient (Wildman–Crippen LogP) is 1.75. The van der Waals surface area contributed by atoms with E-state index in [0.717, 1.165) is 30.8 Å². The van der Waals surface area contributed by atoms with E-state index in [-0.39, 0.29) is 5.91 Å². The van der Waals surface area contributed by atoms with E-state index in [1.165, 1.54) is 0 Å². The summed E-state index contributed by atoms with van der Waals surface area (Å²) in [6, 6.07) is 7.55. The van der Waals surface area contributed by atoms with Crippen LogP contribution in [0.2, 0.25) is 0 Å². The first kappa shape index (κ1) is 14.5. The second-order valence-electron chi connectivity index (χ2n) is 4.71. The fraction of sp³-hybridized carbons (Fsp3) is 0.500. The van der Waals surface area contributed by atoms with Crippen LogP contribution in [0.5, 0.6) is 0 Å². The fourth-order valence-electron chi connectivity index (χ4n) is 1.73. The lowest BCUT2D eigenvalue weighted by atomic mass is 10.2. The van der Waals surface area contributed by atoms with Gasteiger partial charge < -0.3 is 15.1 Å². The van der Waals surface area contributed by atoms with Crippen LogP contribution >= 0.6 is 0 Å². The van der Waals surface area contributed by atoms with E-state index in [0.29, 0.717) is 0 Å². The standard InChI is InChI=1S/C14H23N3O/c1-15-13-8-6-12(7-9-13)14(18)17(4)11-5-10-16(2)3/h6-9,15H,5,10-11H2,1-4H3. The molecule has 0 radical (unpaired) electrons. The van der Waals surface area contributed by atoms with Crippen LogP contribution in [0.4, 0.5) is 5.69 Å². The number of rotatable bonds is 6. The van der Waals surface area contributed by atoms with Crippen molar-refractivity contribution in [3.63, 3.8) is 0 Å². The molecule has 4 nitrogen and oxygen atoms in total. The third-order valence-corrected chi connectivity index (χ3v) is 2.87. The summed E-state index contributed by atoms with van der Waals surface area (Å²) in [5.41, 5.74) is 1.75. The van der Waals surface area contributed by atoms with Gasteiger partial charge in [0.05, 0.1) is 0 Å². The molecule has 0 fully saturated rings. The zero-order valence-electron chi connectivity index (χ0n) is 11.7. The Morgan fingerprint density at radius 1 is 1.11 bits per heavy atom. The lowest BCUT2D eigenvalue weighted by Gasteiger charge is -2.18. The number of benzene rings is 1. The average molecular weight is 249 g/mol. The third-order valence-electron chi connectivity index (χ3n) is 2.87. The van der Waals surface area contributed by atoms with Crippen LogP contribution in [-0.2, 0) is 0 Å². The van der Waals surface area contributed by atoms with Crippen LogP contribution in [0.1, 0.15) is 16.8 Å². The van der Waals surface area contributed by atoms with Gasteiger partial charge in [0.15, 0.2) is 0 Å². The molecule has 0 heterocycles. The average Bonchev–Trinajstić information content (AvgIpc) is 2.37. The highest BCUT2D eigenvalue weighted by molar-refractivity contribution is 5.94. The molecule has 1 aromatic rings. The van der Waals surface area contributed by atoms with Crippen molar-refractivity contribution in [3.8, 4) is 0 Å². The molecule has 0 aliphatic rings. The van der Waals surface area contributed by atoms with Gasteiger partial charge >= 0.3 is 0 Å². The topological polar surface area (TPSA) is 35.6 Å². The van der Waals surface area contributed by atoms with Crippen molar-refractivity contribution in [2.75, 3.05) is 46.6 Å². The van der Waals surface area contributed by atoms with Gasteiger partial charge in [-0.15, -0.1) is 0 Å². The number of anilines is 1. The summed E-state index contributed by atoms with van der Waals surface area (Å²) < 4.78 is 0. The number of nitrogens with one attached hydrogen (secondary N) is 1. The van der Waals surface area contributed by atoms with Gasteiger partial charge in [-0.25, -0.2) is 0 Å². The Bertz CT molecular complexity index is 373. The largest absolute Gasteiger partial charge is 0.388 e. The Balaban J connectivity index is 2.51. The molecule has 0 unspecified atom stereocenters. The van der Waals surface area contributed by atoms with Crippen molar-refractivity contribution in [3.05, 3.63) is 29.8 Å². The summed E-state index contributed by atoms with van der Waals surface area (Å²) in [5, 5.41) is 3.04. The van der Waals surface area contributed by atoms with Gasteiger partial charge in [0.2, 0.25) is 0 Å². The number of carbonyl (C=O) groups excluding carboxylic acids is 1. The van der Waals surface area contributed by atoms with E-state index >= 15 is 0 Å². The number of carbonyl (C=O) groups is 1. The smallest absolute Gasteiger partial charge is 0.253 e. The molecule has 100 valence electrons. The van der Waals surface area contributed by atoms with Gasteiger partial charge in [-0.3, -0.25) is 4.79 Å². The second kappa shape index (κ2) is 7.01. The first-order valence-electron chi connectivity index (χ1n) is 6.22. The molecule has 4 heteroatoms. The predicted molar refractivity (Wildman–Crippen MR) is 76.1 cm³/mol. The normalized spacial score (nSPS) is 10.5. The van der Waals surface area contributed by atoms with E-state index in [9.17, 15) is 4.79 Å². The van der Waals surface area contributed by atoms with Crippen LogP contribution in [0.3, 0.4) is 0 Å². The van der Waals surface area contributed by atoms with Crippen LogP contribution in [0, 0.1) is 0 Å². The van der Waals surface area contributed by atoms with E-state index in [4.69, 9.17) is 0 Å². The molecule has 1 amide bonds. The summed E-state index contributed by atoms with van der Waals surface area (Å²) in [6.45, 7) is 1.78. The van der Waals surface area contributed by atoms with Crippen LogP contribution in [-0.4, -0.2) is 57.0 Å². The molecule has 1 aromatic carbocycles. The van der Waals surface area contributed by atoms with Crippen molar-refractivity contribution >= 4 is 11.6 Å². The lowest BCUT2D eigenvalue weighted by molar-refractivity contribution is 0.0790. The van der Waals surface area contributed by atoms with E-state index in [1.54, 1.807) is 4.90 Å². The Labute approximate surface area is 110 Å². The fourth-order valence-corrected chi connectivity index (χ4v) is 1.73. The molecular formula is C14H23N3O. The van der Waals surface area contributed by atoms with E-state index < -0.39 is 0 Å². The molecule has 1 N–H and O–H groups in total. The monoisotopic (exact) mass is 249 g/mol. The maximum Gasteiger partial charge on any atom is 0.253 e. The van der Waals surface area contributed by atoms with Crippen LogP contribution < -0.4 is 5.32 Å². The first-order valence-corrected chi connectivity index (χ1v) is 6.22. The highest BCUT2D eigenvalue weighted by Crippen LogP contribution is 2.10. The molecule has 0 atom stereocenters. The molecule has 1 rings (SSSR count). The van der Waals surface area contributed by atoms with Crippen molar-refractivity contribution < 1.29 is 4.79 Å². The van der Waals surface area contributed by atoms with Gasteiger partial charge in [0, 0.05) is 31.9 Å². The molecule has 0 bridgehead atoms. The zero-order chi connectivity index (χ0) is 13.5. The molecule has 18 heavy (non-hydrogen) atoms. The summed E-state index contributed by atoms with van der Waals surface area (Å²) in [6.07, 6.45) is 0.990. The summed E-state index contributed by atoms with van der Waals surface area (Å²) in [7, 11) is 7.80. The SMILES string of the molecule is CNc1ccc(C(=O)N(C)CCCN(C)C)cc1. The maximum absolute atomic E-state index is 12.1. The number of amides is 1. The third kappa shape index (κ3) is 4.37. The first-order chi connectivity index (χ1) is 8.54. The minimum atomic E-state index is 0.0800. The quantitative estimate of drug-likeness (QED) is 0.834. The van der Waals surface area contributed by atoms with Gasteiger partial charge in [0.25, 0.3) is 5.91 Å². The number of hydrogen-bond acceptors (Lipinski definition) is 3. The Hall–Kier alpha value is -1.55. The minimum Gasteiger partial charge on any atom is -0.388 e. The Morgan fingerprint density at radius 2 is 1.72 bits per heavy atom. The van der Waals surface area contributed by atoms with Crippen LogP contribution in [0.15, 0.2) is 24.3 Å².